The molecule has 0 aliphatic carbocycles. The summed E-state index contributed by atoms with van der Waals surface area (Å²) in [7, 11) is -1.57. The van der Waals surface area contributed by atoms with Gasteiger partial charge in [-0.15, -0.1) is 0 Å². The predicted molar refractivity (Wildman–Crippen MR) is 109 cm³/mol. The quantitative estimate of drug-likeness (QED) is 0.364. The first-order chi connectivity index (χ1) is 13.1. The van der Waals surface area contributed by atoms with Crippen molar-refractivity contribution in [2.75, 3.05) is 0 Å². The molecular weight excluding hydrogens is 354 g/mol. The highest BCUT2D eigenvalue weighted by Crippen LogP contribution is 2.48. The van der Waals surface area contributed by atoms with E-state index in [0.717, 1.165) is 43.7 Å². The van der Waals surface area contributed by atoms with Gasteiger partial charge in [-0.25, -0.2) is 8.42 Å². The molecule has 130 valence electrons. The van der Waals surface area contributed by atoms with E-state index in [0.29, 0.717) is 9.79 Å². The fourth-order valence-corrected chi connectivity index (χ4v) is 6.40. The Hall–Kier alpha value is -3.11. The molecule has 0 bridgehead atoms. The monoisotopic (exact) mass is 369 g/mol. The van der Waals surface area contributed by atoms with Gasteiger partial charge in [-0.05, 0) is 29.0 Å². The Morgan fingerprint density at radius 2 is 1.44 bits per heavy atom. The molecule has 0 spiro atoms. The van der Waals surface area contributed by atoms with Gasteiger partial charge in [0.2, 0.25) is 9.84 Å². The predicted octanol–water partition coefficient (Wildman–Crippen LogP) is 5.30. The van der Waals surface area contributed by atoms with Crippen LogP contribution in [0, 0.1) is 0 Å². The molecule has 0 fully saturated rings. The van der Waals surface area contributed by atoms with Crippen LogP contribution >= 0.6 is 0 Å². The third-order valence-electron chi connectivity index (χ3n) is 5.72. The highest BCUT2D eigenvalue weighted by Gasteiger charge is 2.35. The molecule has 1 aromatic heterocycles. The highest BCUT2D eigenvalue weighted by atomic mass is 32.2. The molecule has 27 heavy (non-hydrogen) atoms. The third kappa shape index (κ3) is 1.73. The van der Waals surface area contributed by atoms with E-state index in [9.17, 15) is 8.42 Å². The fraction of sp³-hybridized carbons (Fsp3) is 0.0435. The summed E-state index contributed by atoms with van der Waals surface area (Å²) in [6.45, 7) is 0. The number of benzene rings is 4. The largest absolute Gasteiger partial charge is 0.342 e. The van der Waals surface area contributed by atoms with E-state index in [2.05, 4.69) is 30.3 Å². The normalized spacial score (nSPS) is 14.7. The summed E-state index contributed by atoms with van der Waals surface area (Å²) in [6, 6.07) is 23.8. The standard InChI is InChI=1S/C23H15NO2S/c1-24-20-13-15-7-3-2-6-14(15)12-19(20)17-10-11-18-16-8-4-5-9-21(16)27(25,26)23(18)22(17)24/h2-13H,1H3. The van der Waals surface area contributed by atoms with Crippen molar-refractivity contribution in [1.29, 1.82) is 0 Å². The minimum Gasteiger partial charge on any atom is -0.342 e. The lowest BCUT2D eigenvalue weighted by Crippen LogP contribution is -2.00. The molecule has 0 radical (unpaired) electrons. The van der Waals surface area contributed by atoms with Crippen molar-refractivity contribution >= 4 is 42.4 Å². The van der Waals surface area contributed by atoms with E-state index < -0.39 is 9.84 Å². The first-order valence-electron chi connectivity index (χ1n) is 8.86. The van der Waals surface area contributed by atoms with Crippen LogP contribution in [0.25, 0.3) is 43.7 Å². The zero-order valence-corrected chi connectivity index (χ0v) is 15.4. The average Bonchev–Trinajstić information content (AvgIpc) is 3.10. The summed E-state index contributed by atoms with van der Waals surface area (Å²) >= 11 is 0. The summed E-state index contributed by atoms with van der Waals surface area (Å²) in [6.07, 6.45) is 0. The molecule has 0 atom stereocenters. The van der Waals surface area contributed by atoms with E-state index in [-0.39, 0.29) is 0 Å². The molecular formula is C23H15NO2S. The summed E-state index contributed by atoms with van der Waals surface area (Å²) in [5.74, 6) is 0. The molecule has 4 aromatic carbocycles. The first-order valence-corrected chi connectivity index (χ1v) is 10.3. The molecule has 6 rings (SSSR count). The third-order valence-corrected chi connectivity index (χ3v) is 7.60. The highest BCUT2D eigenvalue weighted by molar-refractivity contribution is 7.92. The lowest BCUT2D eigenvalue weighted by atomic mass is 10.0. The van der Waals surface area contributed by atoms with Crippen molar-refractivity contribution in [1.82, 2.24) is 4.57 Å². The van der Waals surface area contributed by atoms with Crippen molar-refractivity contribution < 1.29 is 8.42 Å². The fourth-order valence-electron chi connectivity index (χ4n) is 4.48. The Bertz CT molecular complexity index is 1540. The number of aromatic nitrogens is 1. The Morgan fingerprint density at radius 3 is 2.26 bits per heavy atom. The van der Waals surface area contributed by atoms with Crippen LogP contribution in [0.5, 0.6) is 0 Å². The van der Waals surface area contributed by atoms with E-state index in [4.69, 9.17) is 0 Å². The summed E-state index contributed by atoms with van der Waals surface area (Å²) < 4.78 is 28.7. The smallest absolute Gasteiger partial charge is 0.209 e. The Morgan fingerprint density at radius 1 is 0.741 bits per heavy atom. The SMILES string of the molecule is Cn1c2cc3ccccc3cc2c2ccc3c(c21)S(=O)(=O)c1ccccc1-3. The van der Waals surface area contributed by atoms with Gasteiger partial charge in [-0.1, -0.05) is 54.6 Å². The maximum atomic E-state index is 13.3. The number of hydrogen-bond acceptors (Lipinski definition) is 2. The molecule has 5 aromatic rings. The molecule has 0 N–H and O–H groups in total. The van der Waals surface area contributed by atoms with Gasteiger partial charge in [0, 0.05) is 34.5 Å². The summed E-state index contributed by atoms with van der Waals surface area (Å²) in [5.41, 5.74) is 3.43. The minimum absolute atomic E-state index is 0.405. The maximum Gasteiger partial charge on any atom is 0.209 e. The van der Waals surface area contributed by atoms with Gasteiger partial charge in [0.05, 0.1) is 10.4 Å². The van der Waals surface area contributed by atoms with Gasteiger partial charge >= 0.3 is 0 Å². The van der Waals surface area contributed by atoms with E-state index in [1.54, 1.807) is 12.1 Å². The van der Waals surface area contributed by atoms with E-state index >= 15 is 0 Å². The Balaban J connectivity index is 1.86. The van der Waals surface area contributed by atoms with Crippen LogP contribution in [0.4, 0.5) is 0 Å². The molecule has 0 amide bonds. The van der Waals surface area contributed by atoms with Gasteiger partial charge in [0.1, 0.15) is 4.90 Å². The Labute approximate surface area is 156 Å². The van der Waals surface area contributed by atoms with Crippen LogP contribution in [0.15, 0.2) is 82.6 Å². The zero-order chi connectivity index (χ0) is 18.3. The van der Waals surface area contributed by atoms with Crippen molar-refractivity contribution in [3.8, 4) is 11.1 Å². The molecule has 0 saturated heterocycles. The van der Waals surface area contributed by atoms with Crippen molar-refractivity contribution in [2.24, 2.45) is 7.05 Å². The van der Waals surface area contributed by atoms with E-state index in [1.165, 1.54) is 0 Å². The minimum atomic E-state index is -3.53. The summed E-state index contributed by atoms with van der Waals surface area (Å²) in [4.78, 5) is 0.840. The molecule has 4 heteroatoms. The van der Waals surface area contributed by atoms with Crippen molar-refractivity contribution in [2.45, 2.75) is 9.79 Å². The number of sulfone groups is 1. The number of fused-ring (bicyclic) bond motifs is 8. The maximum absolute atomic E-state index is 13.3. The van der Waals surface area contributed by atoms with Crippen LogP contribution in [-0.2, 0) is 16.9 Å². The van der Waals surface area contributed by atoms with Crippen LogP contribution in [0.3, 0.4) is 0 Å². The molecule has 0 saturated carbocycles. The van der Waals surface area contributed by atoms with Crippen molar-refractivity contribution in [3.05, 3.63) is 72.8 Å². The zero-order valence-electron chi connectivity index (χ0n) is 14.6. The van der Waals surface area contributed by atoms with Crippen LogP contribution < -0.4 is 0 Å². The van der Waals surface area contributed by atoms with Gasteiger partial charge < -0.3 is 4.57 Å². The van der Waals surface area contributed by atoms with Gasteiger partial charge in [-0.2, -0.15) is 0 Å². The molecule has 2 heterocycles. The number of hydrogen-bond donors (Lipinski definition) is 0. The Kier molecular flexibility index (Phi) is 2.66. The first kappa shape index (κ1) is 15.0. The number of nitrogens with zero attached hydrogens (tertiary/aromatic N) is 1. The van der Waals surface area contributed by atoms with Crippen LogP contribution in [0.2, 0.25) is 0 Å². The summed E-state index contributed by atoms with van der Waals surface area (Å²) in [5, 5.41) is 4.37. The lowest BCUT2D eigenvalue weighted by Gasteiger charge is -2.05. The van der Waals surface area contributed by atoms with Gasteiger partial charge in [0.25, 0.3) is 0 Å². The number of aryl methyl sites for hydroxylation is 1. The second-order valence-corrected chi connectivity index (χ2v) is 8.97. The molecule has 1 aliphatic rings. The second-order valence-electron chi connectivity index (χ2n) is 7.11. The molecule has 1 aliphatic heterocycles. The van der Waals surface area contributed by atoms with Gasteiger partial charge in [0.15, 0.2) is 0 Å². The number of rotatable bonds is 0. The van der Waals surface area contributed by atoms with Crippen LogP contribution in [0.1, 0.15) is 0 Å². The van der Waals surface area contributed by atoms with Gasteiger partial charge in [-0.3, -0.25) is 0 Å². The lowest BCUT2D eigenvalue weighted by molar-refractivity contribution is 0.599. The molecule has 3 nitrogen and oxygen atoms in total. The van der Waals surface area contributed by atoms with E-state index in [1.807, 2.05) is 41.9 Å². The molecule has 0 unspecified atom stereocenters. The second kappa shape index (κ2) is 4.78. The average molecular weight is 369 g/mol. The van der Waals surface area contributed by atoms with Crippen molar-refractivity contribution in [3.63, 3.8) is 0 Å². The van der Waals surface area contributed by atoms with Crippen LogP contribution in [-0.4, -0.2) is 13.0 Å². The topological polar surface area (TPSA) is 39.1 Å².